The third kappa shape index (κ3) is 6.54. The van der Waals surface area contributed by atoms with Crippen LogP contribution in [0.15, 0.2) is 0 Å². The van der Waals surface area contributed by atoms with E-state index in [2.05, 4.69) is 24.7 Å². The van der Waals surface area contributed by atoms with Crippen molar-refractivity contribution in [1.29, 1.82) is 0 Å². The molecule has 0 heterocycles. The van der Waals surface area contributed by atoms with Crippen molar-refractivity contribution in [3.05, 3.63) is 0 Å². The highest BCUT2D eigenvalue weighted by atomic mass is 16.2. The third-order valence-corrected chi connectivity index (χ3v) is 1.86. The fourth-order valence-corrected chi connectivity index (χ4v) is 1.00. The number of hydrogen-bond acceptors (Lipinski definition) is 3. The Morgan fingerprint density at radius 1 is 1.31 bits per heavy atom. The fraction of sp³-hybridized carbons (Fsp3) is 0.889. The first-order valence-corrected chi connectivity index (χ1v) is 4.79. The molecule has 4 nitrogen and oxygen atoms in total. The second-order valence-electron chi connectivity index (χ2n) is 3.44. The highest BCUT2D eigenvalue weighted by Crippen LogP contribution is 1.93. The van der Waals surface area contributed by atoms with Gasteiger partial charge in [-0.05, 0) is 26.9 Å². The lowest BCUT2D eigenvalue weighted by Crippen LogP contribution is -2.46. The molecule has 2 N–H and O–H groups in total. The average Bonchev–Trinajstić information content (AvgIpc) is 2.05. The summed E-state index contributed by atoms with van der Waals surface area (Å²) in [4.78, 5) is 13.0. The van der Waals surface area contributed by atoms with Gasteiger partial charge in [-0.3, -0.25) is 10.2 Å². The second-order valence-corrected chi connectivity index (χ2v) is 3.44. The molecule has 0 aromatic carbocycles. The van der Waals surface area contributed by atoms with Crippen LogP contribution in [0.3, 0.4) is 0 Å². The molecule has 0 fully saturated rings. The number of carbonyl (C=O) groups is 1. The van der Waals surface area contributed by atoms with Gasteiger partial charge >= 0.3 is 0 Å². The van der Waals surface area contributed by atoms with Crippen LogP contribution >= 0.6 is 0 Å². The Morgan fingerprint density at radius 2 is 1.85 bits per heavy atom. The van der Waals surface area contributed by atoms with Crippen molar-refractivity contribution < 1.29 is 4.79 Å². The molecule has 0 rings (SSSR count). The van der Waals surface area contributed by atoms with Gasteiger partial charge in [0, 0.05) is 6.04 Å². The second kappa shape index (κ2) is 6.86. The molecule has 4 heteroatoms. The number of carbonyl (C=O) groups excluding carboxylic acids is 1. The Morgan fingerprint density at radius 3 is 2.23 bits per heavy atom. The number of amides is 1. The number of rotatable bonds is 6. The van der Waals surface area contributed by atoms with E-state index in [4.69, 9.17) is 0 Å². The van der Waals surface area contributed by atoms with Crippen molar-refractivity contribution in [2.24, 2.45) is 0 Å². The van der Waals surface area contributed by atoms with Crippen molar-refractivity contribution in [3.63, 3.8) is 0 Å². The van der Waals surface area contributed by atoms with Gasteiger partial charge in [-0.25, -0.2) is 5.43 Å². The summed E-state index contributed by atoms with van der Waals surface area (Å²) in [5.74, 6) is 0.0110. The number of hydrogen-bond donors (Lipinski definition) is 2. The van der Waals surface area contributed by atoms with E-state index < -0.39 is 0 Å². The molecule has 0 aliphatic rings. The molecule has 1 amide bonds. The van der Waals surface area contributed by atoms with Crippen LogP contribution in [0.5, 0.6) is 0 Å². The van der Waals surface area contributed by atoms with E-state index in [1.54, 1.807) is 0 Å². The summed E-state index contributed by atoms with van der Waals surface area (Å²) in [6.45, 7) is 4.62. The van der Waals surface area contributed by atoms with Crippen LogP contribution in [0, 0.1) is 0 Å². The van der Waals surface area contributed by atoms with Crippen molar-refractivity contribution in [2.45, 2.75) is 32.7 Å². The summed E-state index contributed by atoms with van der Waals surface area (Å²) in [6.07, 6.45) is 2.05. The predicted octanol–water partition coefficient (Wildman–Crippen LogP) is 0.357. The van der Waals surface area contributed by atoms with Crippen LogP contribution in [0.2, 0.25) is 0 Å². The molecule has 0 unspecified atom stereocenters. The Bertz CT molecular complexity index is 144. The first kappa shape index (κ1) is 12.4. The van der Waals surface area contributed by atoms with Crippen LogP contribution < -0.4 is 10.9 Å². The first-order chi connectivity index (χ1) is 6.10. The van der Waals surface area contributed by atoms with Gasteiger partial charge in [0.25, 0.3) is 0 Å². The van der Waals surface area contributed by atoms with Gasteiger partial charge in [-0.2, -0.15) is 0 Å². The molecule has 0 radical (unpaired) electrons. The van der Waals surface area contributed by atoms with Crippen LogP contribution in [-0.2, 0) is 4.79 Å². The van der Waals surface area contributed by atoms with E-state index in [1.165, 1.54) is 0 Å². The molecule has 0 saturated heterocycles. The maximum atomic E-state index is 11.2. The summed E-state index contributed by atoms with van der Waals surface area (Å²) < 4.78 is 0. The molecule has 0 aromatic heterocycles. The quantitative estimate of drug-likeness (QED) is 0.590. The number of nitrogens with one attached hydrogen (secondary N) is 2. The SMILES string of the molecule is CCC(CC)NNC(=O)CN(C)C. The first-order valence-electron chi connectivity index (χ1n) is 4.79. The van der Waals surface area contributed by atoms with Gasteiger partial charge in [0.2, 0.25) is 5.91 Å². The van der Waals surface area contributed by atoms with Gasteiger partial charge in [0.05, 0.1) is 6.54 Å². The molecule has 0 aromatic rings. The lowest BCUT2D eigenvalue weighted by atomic mass is 10.2. The van der Waals surface area contributed by atoms with Crippen molar-refractivity contribution in [3.8, 4) is 0 Å². The zero-order chi connectivity index (χ0) is 10.3. The van der Waals surface area contributed by atoms with E-state index in [1.807, 2.05) is 19.0 Å². The zero-order valence-electron chi connectivity index (χ0n) is 9.05. The maximum Gasteiger partial charge on any atom is 0.248 e. The predicted molar refractivity (Wildman–Crippen MR) is 54.2 cm³/mol. The number of hydrazine groups is 1. The van der Waals surface area contributed by atoms with Crippen LogP contribution in [0.1, 0.15) is 26.7 Å². The molecule has 0 spiro atoms. The Balaban J connectivity index is 3.56. The van der Waals surface area contributed by atoms with E-state index in [0.29, 0.717) is 12.6 Å². The summed E-state index contributed by atoms with van der Waals surface area (Å²) in [6, 6.07) is 0.381. The highest BCUT2D eigenvalue weighted by Gasteiger charge is 2.05. The van der Waals surface area contributed by atoms with Crippen molar-refractivity contribution in [2.75, 3.05) is 20.6 Å². The van der Waals surface area contributed by atoms with Crippen molar-refractivity contribution >= 4 is 5.91 Å². The number of nitrogens with zero attached hydrogens (tertiary/aromatic N) is 1. The largest absolute Gasteiger partial charge is 0.301 e. The minimum Gasteiger partial charge on any atom is -0.301 e. The molecular formula is C9H21N3O. The normalized spacial score (nSPS) is 10.9. The molecule has 0 aliphatic heterocycles. The molecule has 0 aliphatic carbocycles. The summed E-state index contributed by atoms with van der Waals surface area (Å²) in [5.41, 5.74) is 5.68. The van der Waals surface area contributed by atoms with Gasteiger partial charge in [0.15, 0.2) is 0 Å². The maximum absolute atomic E-state index is 11.2. The molecule has 0 bridgehead atoms. The van der Waals surface area contributed by atoms with Crippen LogP contribution in [-0.4, -0.2) is 37.5 Å². The van der Waals surface area contributed by atoms with Crippen LogP contribution in [0.25, 0.3) is 0 Å². The standard InChI is InChI=1S/C9H21N3O/c1-5-8(6-2)10-11-9(13)7-12(3)4/h8,10H,5-7H2,1-4H3,(H,11,13). The Labute approximate surface area is 80.7 Å². The van der Waals surface area contributed by atoms with Gasteiger partial charge in [-0.1, -0.05) is 13.8 Å². The highest BCUT2D eigenvalue weighted by molar-refractivity contribution is 5.77. The topological polar surface area (TPSA) is 44.4 Å². The van der Waals surface area contributed by atoms with Gasteiger partial charge < -0.3 is 4.90 Å². The molecule has 78 valence electrons. The van der Waals surface area contributed by atoms with Crippen LogP contribution in [0.4, 0.5) is 0 Å². The molecular weight excluding hydrogens is 166 g/mol. The van der Waals surface area contributed by atoms with E-state index >= 15 is 0 Å². The minimum absolute atomic E-state index is 0.0110. The fourth-order valence-electron chi connectivity index (χ4n) is 1.00. The molecule has 13 heavy (non-hydrogen) atoms. The average molecular weight is 187 g/mol. The van der Waals surface area contributed by atoms with Crippen molar-refractivity contribution in [1.82, 2.24) is 15.8 Å². The summed E-state index contributed by atoms with van der Waals surface area (Å²) in [5, 5.41) is 0. The molecule has 0 atom stereocenters. The number of likely N-dealkylation sites (N-methyl/N-ethyl adjacent to an activating group) is 1. The van der Waals surface area contributed by atoms with E-state index in [0.717, 1.165) is 12.8 Å². The lowest BCUT2D eigenvalue weighted by Gasteiger charge is -2.16. The minimum atomic E-state index is 0.0110. The Hall–Kier alpha value is -0.610. The zero-order valence-corrected chi connectivity index (χ0v) is 9.05. The van der Waals surface area contributed by atoms with E-state index in [-0.39, 0.29) is 5.91 Å². The lowest BCUT2D eigenvalue weighted by molar-refractivity contribution is -0.122. The third-order valence-electron chi connectivity index (χ3n) is 1.86. The smallest absolute Gasteiger partial charge is 0.248 e. The summed E-state index contributed by atoms with van der Waals surface area (Å²) >= 11 is 0. The molecule has 0 saturated carbocycles. The Kier molecular flexibility index (Phi) is 6.54. The monoisotopic (exact) mass is 187 g/mol. The van der Waals surface area contributed by atoms with E-state index in [9.17, 15) is 4.79 Å². The van der Waals surface area contributed by atoms with Gasteiger partial charge in [0.1, 0.15) is 0 Å². The van der Waals surface area contributed by atoms with Gasteiger partial charge in [-0.15, -0.1) is 0 Å². The summed E-state index contributed by atoms with van der Waals surface area (Å²) in [7, 11) is 3.74.